The van der Waals surface area contributed by atoms with E-state index in [1.54, 1.807) is 6.20 Å². The number of aromatic nitrogens is 2. The predicted octanol–water partition coefficient (Wildman–Crippen LogP) is 0.659. The van der Waals surface area contributed by atoms with Crippen molar-refractivity contribution in [1.82, 2.24) is 9.55 Å². The van der Waals surface area contributed by atoms with Crippen LogP contribution in [0.15, 0.2) is 12.4 Å². The van der Waals surface area contributed by atoms with Gasteiger partial charge in [0.2, 0.25) is 0 Å². The van der Waals surface area contributed by atoms with E-state index in [1.807, 2.05) is 24.7 Å². The van der Waals surface area contributed by atoms with Gasteiger partial charge in [-0.1, -0.05) is 0 Å². The average Bonchev–Trinajstić information content (AvgIpc) is 2.94. The van der Waals surface area contributed by atoms with Crippen molar-refractivity contribution in [2.45, 2.75) is 31.7 Å². The second-order valence-corrected chi connectivity index (χ2v) is 4.61. The van der Waals surface area contributed by atoms with E-state index in [-0.39, 0.29) is 5.78 Å². The molecule has 0 aromatic carbocycles. The minimum Gasteiger partial charge on any atom is -0.338 e. The number of ketones is 1. The van der Waals surface area contributed by atoms with Crippen molar-refractivity contribution >= 4 is 5.78 Å². The zero-order valence-electron chi connectivity index (χ0n) is 9.23. The van der Waals surface area contributed by atoms with Gasteiger partial charge in [-0.05, 0) is 25.7 Å². The second-order valence-electron chi connectivity index (χ2n) is 4.61. The molecule has 2 rings (SSSR count). The number of rotatable bonds is 4. The Morgan fingerprint density at radius 1 is 1.73 bits per heavy atom. The third-order valence-corrected chi connectivity index (χ3v) is 3.27. The van der Waals surface area contributed by atoms with Crippen LogP contribution in [0.1, 0.15) is 25.6 Å². The molecule has 1 aliphatic rings. The summed E-state index contributed by atoms with van der Waals surface area (Å²) in [7, 11) is 1.89. The van der Waals surface area contributed by atoms with Gasteiger partial charge in [-0.2, -0.15) is 0 Å². The fraction of sp³-hybridized carbons (Fsp3) is 0.636. The molecular weight excluding hydrogens is 190 g/mol. The molecule has 0 saturated heterocycles. The van der Waals surface area contributed by atoms with Crippen molar-refractivity contribution in [2.75, 3.05) is 0 Å². The fourth-order valence-corrected chi connectivity index (χ4v) is 1.81. The predicted molar refractivity (Wildman–Crippen MR) is 57.2 cm³/mol. The minimum atomic E-state index is -0.661. The summed E-state index contributed by atoms with van der Waals surface area (Å²) in [5, 5.41) is 0. The monoisotopic (exact) mass is 207 g/mol. The maximum atomic E-state index is 12.0. The van der Waals surface area contributed by atoms with Crippen LogP contribution in [-0.2, 0) is 18.3 Å². The second kappa shape index (κ2) is 3.45. The molecule has 1 atom stereocenters. The van der Waals surface area contributed by atoms with Crippen LogP contribution in [-0.4, -0.2) is 20.9 Å². The first-order valence-electron chi connectivity index (χ1n) is 5.30. The van der Waals surface area contributed by atoms with Crippen molar-refractivity contribution in [3.63, 3.8) is 0 Å². The number of hydrogen-bond donors (Lipinski definition) is 1. The highest BCUT2D eigenvalue weighted by atomic mass is 16.1. The average molecular weight is 207 g/mol. The lowest BCUT2D eigenvalue weighted by Crippen LogP contribution is -2.48. The zero-order chi connectivity index (χ0) is 11.1. The molecular formula is C11H17N3O. The Kier molecular flexibility index (Phi) is 2.38. The van der Waals surface area contributed by atoms with Crippen LogP contribution < -0.4 is 5.73 Å². The summed E-state index contributed by atoms with van der Waals surface area (Å²) in [4.78, 5) is 16.1. The molecule has 0 aliphatic heterocycles. The lowest BCUT2D eigenvalue weighted by molar-refractivity contribution is -0.123. The topological polar surface area (TPSA) is 60.9 Å². The number of nitrogens with two attached hydrogens (primary N) is 1. The largest absolute Gasteiger partial charge is 0.338 e. The van der Waals surface area contributed by atoms with E-state index in [2.05, 4.69) is 4.98 Å². The van der Waals surface area contributed by atoms with Crippen LogP contribution in [0.3, 0.4) is 0 Å². The Labute approximate surface area is 89.5 Å². The summed E-state index contributed by atoms with van der Waals surface area (Å²) < 4.78 is 1.86. The van der Waals surface area contributed by atoms with Gasteiger partial charge in [-0.3, -0.25) is 4.79 Å². The molecule has 1 unspecified atom stereocenters. The molecule has 1 saturated carbocycles. The van der Waals surface area contributed by atoms with E-state index in [1.165, 1.54) is 0 Å². The van der Waals surface area contributed by atoms with Crippen LogP contribution in [0, 0.1) is 5.92 Å². The molecule has 1 aromatic rings. The normalized spacial score (nSPS) is 19.9. The highest BCUT2D eigenvalue weighted by Gasteiger charge is 2.43. The molecule has 1 heterocycles. The summed E-state index contributed by atoms with van der Waals surface area (Å²) in [6.07, 6.45) is 6.05. The number of nitrogens with zero attached hydrogens (tertiary/aromatic N) is 2. The Bertz CT molecular complexity index is 377. The Morgan fingerprint density at radius 2 is 2.40 bits per heavy atom. The van der Waals surface area contributed by atoms with E-state index in [0.717, 1.165) is 18.7 Å². The number of imidazole rings is 1. The van der Waals surface area contributed by atoms with Crippen molar-refractivity contribution in [3.05, 3.63) is 18.2 Å². The summed E-state index contributed by atoms with van der Waals surface area (Å²) >= 11 is 0. The number of hydrogen-bond acceptors (Lipinski definition) is 3. The summed E-state index contributed by atoms with van der Waals surface area (Å²) in [6.45, 7) is 1.84. The van der Waals surface area contributed by atoms with Gasteiger partial charge < -0.3 is 10.3 Å². The highest BCUT2D eigenvalue weighted by molar-refractivity contribution is 5.89. The Balaban J connectivity index is 2.06. The van der Waals surface area contributed by atoms with Gasteiger partial charge in [-0.15, -0.1) is 0 Å². The first-order chi connectivity index (χ1) is 7.01. The molecule has 0 spiro atoms. The molecule has 0 radical (unpaired) electrons. The number of carbonyl (C=O) groups is 1. The van der Waals surface area contributed by atoms with Gasteiger partial charge in [0, 0.05) is 19.4 Å². The summed E-state index contributed by atoms with van der Waals surface area (Å²) in [6, 6.07) is 0. The molecule has 1 fully saturated rings. The zero-order valence-corrected chi connectivity index (χ0v) is 9.23. The van der Waals surface area contributed by atoms with Gasteiger partial charge in [0.05, 0.1) is 12.0 Å². The smallest absolute Gasteiger partial charge is 0.160 e. The van der Waals surface area contributed by atoms with Gasteiger partial charge >= 0.3 is 0 Å². The van der Waals surface area contributed by atoms with Crippen molar-refractivity contribution in [3.8, 4) is 0 Å². The SMILES string of the molecule is Cn1ccnc1CC(=O)C(C)(N)C1CC1. The summed E-state index contributed by atoms with van der Waals surface area (Å²) in [5.74, 6) is 1.27. The minimum absolute atomic E-state index is 0.0966. The van der Waals surface area contributed by atoms with Crippen molar-refractivity contribution < 1.29 is 4.79 Å². The van der Waals surface area contributed by atoms with Crippen LogP contribution in [0.5, 0.6) is 0 Å². The molecule has 4 heteroatoms. The first kappa shape index (κ1) is 10.4. The molecule has 2 N–H and O–H groups in total. The van der Waals surface area contributed by atoms with Crippen molar-refractivity contribution in [2.24, 2.45) is 18.7 Å². The number of Topliss-reactive ketones (excluding diaryl/α,β-unsaturated/α-hetero) is 1. The van der Waals surface area contributed by atoms with Gasteiger partial charge in [0.25, 0.3) is 0 Å². The van der Waals surface area contributed by atoms with Gasteiger partial charge in [-0.25, -0.2) is 4.98 Å². The van der Waals surface area contributed by atoms with Gasteiger partial charge in [0.15, 0.2) is 5.78 Å². The van der Waals surface area contributed by atoms with Crippen molar-refractivity contribution in [1.29, 1.82) is 0 Å². The van der Waals surface area contributed by atoms with Crippen LogP contribution in [0.2, 0.25) is 0 Å². The van der Waals surface area contributed by atoms with Crippen LogP contribution in [0.4, 0.5) is 0 Å². The first-order valence-corrected chi connectivity index (χ1v) is 5.30. The Hall–Kier alpha value is -1.16. The number of carbonyl (C=O) groups excluding carboxylic acids is 1. The standard InChI is InChI=1S/C11H17N3O/c1-11(12,8-3-4-8)9(15)7-10-13-5-6-14(10)2/h5-6,8H,3-4,7,12H2,1-2H3. The highest BCUT2D eigenvalue weighted by Crippen LogP contribution is 2.38. The molecule has 15 heavy (non-hydrogen) atoms. The van der Waals surface area contributed by atoms with Gasteiger partial charge in [0.1, 0.15) is 5.82 Å². The van der Waals surface area contributed by atoms with Crippen LogP contribution in [0.25, 0.3) is 0 Å². The maximum absolute atomic E-state index is 12.0. The fourth-order valence-electron chi connectivity index (χ4n) is 1.81. The van der Waals surface area contributed by atoms with E-state index < -0.39 is 5.54 Å². The molecule has 1 aliphatic carbocycles. The third kappa shape index (κ3) is 1.95. The lowest BCUT2D eigenvalue weighted by Gasteiger charge is -2.22. The van der Waals surface area contributed by atoms with E-state index in [4.69, 9.17) is 5.73 Å². The molecule has 4 nitrogen and oxygen atoms in total. The molecule has 0 bridgehead atoms. The molecule has 82 valence electrons. The molecule has 1 aromatic heterocycles. The van der Waals surface area contributed by atoms with E-state index in [9.17, 15) is 4.79 Å². The Morgan fingerprint density at radius 3 is 2.87 bits per heavy atom. The quantitative estimate of drug-likeness (QED) is 0.789. The van der Waals surface area contributed by atoms with E-state index in [0.29, 0.717) is 12.3 Å². The lowest BCUT2D eigenvalue weighted by atomic mass is 9.90. The number of aryl methyl sites for hydroxylation is 1. The third-order valence-electron chi connectivity index (χ3n) is 3.27. The summed E-state index contributed by atoms with van der Waals surface area (Å²) in [5.41, 5.74) is 5.38. The molecule has 0 amide bonds. The maximum Gasteiger partial charge on any atom is 0.160 e. The van der Waals surface area contributed by atoms with Crippen LogP contribution >= 0.6 is 0 Å². The van der Waals surface area contributed by atoms with E-state index >= 15 is 0 Å².